The van der Waals surface area contributed by atoms with Gasteiger partial charge in [0, 0.05) is 23.1 Å². The minimum Gasteiger partial charge on any atom is -0.545 e. The van der Waals surface area contributed by atoms with Gasteiger partial charge in [-0.25, -0.2) is 4.99 Å². The Labute approximate surface area is 186 Å². The minimum atomic E-state index is -1.27. The standard InChI is InChI=1S/C21H18BrN3O4S/c1-2-11-25-19(27)17(12-18(26)23-15-9-5-14(22)6-10-15)30-21(25)24-16-7-3-13(4-8-16)20(28)29/h2-10,17H,1,11-12H2,(H,23,26)(H,28,29)/p-1/t17-/m1/s1. The molecule has 0 bridgehead atoms. The maximum Gasteiger partial charge on any atom is 0.242 e. The SMILES string of the molecule is C=CCN1C(=O)[C@@H](CC(=O)Nc2ccc(Br)cc2)SC1=Nc1ccc(C(=O)[O-])cc1. The molecule has 30 heavy (non-hydrogen) atoms. The summed E-state index contributed by atoms with van der Waals surface area (Å²) < 4.78 is 0.899. The van der Waals surface area contributed by atoms with Gasteiger partial charge in [0.1, 0.15) is 5.25 Å². The van der Waals surface area contributed by atoms with E-state index in [1.165, 1.54) is 40.9 Å². The third kappa shape index (κ3) is 5.37. The molecule has 2 amide bonds. The summed E-state index contributed by atoms with van der Waals surface area (Å²) in [5.74, 6) is -1.78. The van der Waals surface area contributed by atoms with Gasteiger partial charge in [-0.05, 0) is 42.0 Å². The highest BCUT2D eigenvalue weighted by molar-refractivity contribution is 9.10. The van der Waals surface area contributed by atoms with Crippen LogP contribution in [0.1, 0.15) is 16.8 Å². The number of thioether (sulfide) groups is 1. The van der Waals surface area contributed by atoms with Gasteiger partial charge < -0.3 is 15.2 Å². The zero-order valence-corrected chi connectivity index (χ0v) is 18.1. The Hall–Kier alpha value is -2.91. The van der Waals surface area contributed by atoms with Crippen molar-refractivity contribution in [2.45, 2.75) is 11.7 Å². The van der Waals surface area contributed by atoms with Gasteiger partial charge in [0.25, 0.3) is 0 Å². The topological polar surface area (TPSA) is 102 Å². The monoisotopic (exact) mass is 486 g/mol. The summed E-state index contributed by atoms with van der Waals surface area (Å²) in [6, 6.07) is 13.0. The van der Waals surface area contributed by atoms with Crippen molar-refractivity contribution < 1.29 is 19.5 Å². The Morgan fingerprint density at radius 2 is 1.87 bits per heavy atom. The molecule has 0 aliphatic carbocycles. The lowest BCUT2D eigenvalue weighted by atomic mass is 10.2. The second kappa shape index (κ2) is 9.73. The van der Waals surface area contributed by atoms with E-state index < -0.39 is 11.2 Å². The maximum absolute atomic E-state index is 12.8. The number of amides is 2. The van der Waals surface area contributed by atoms with E-state index in [-0.39, 0.29) is 30.3 Å². The molecule has 2 aromatic carbocycles. The van der Waals surface area contributed by atoms with Gasteiger partial charge >= 0.3 is 0 Å². The first kappa shape index (κ1) is 21.8. The van der Waals surface area contributed by atoms with Crippen LogP contribution in [0.4, 0.5) is 11.4 Å². The minimum absolute atomic E-state index is 0.00412. The van der Waals surface area contributed by atoms with Crippen LogP contribution in [0.3, 0.4) is 0 Å². The first-order valence-electron chi connectivity index (χ1n) is 8.92. The second-order valence-corrected chi connectivity index (χ2v) is 8.42. The smallest absolute Gasteiger partial charge is 0.242 e. The van der Waals surface area contributed by atoms with Crippen molar-refractivity contribution in [3.8, 4) is 0 Å². The van der Waals surface area contributed by atoms with E-state index in [0.29, 0.717) is 16.5 Å². The van der Waals surface area contributed by atoms with Crippen molar-refractivity contribution in [3.05, 3.63) is 71.2 Å². The number of amidine groups is 1. The summed E-state index contributed by atoms with van der Waals surface area (Å²) in [5, 5.41) is 13.5. The van der Waals surface area contributed by atoms with Gasteiger partial charge in [-0.3, -0.25) is 14.5 Å². The van der Waals surface area contributed by atoms with Gasteiger partial charge in [0.05, 0.1) is 11.7 Å². The van der Waals surface area contributed by atoms with Crippen molar-refractivity contribution in [1.82, 2.24) is 4.90 Å². The molecule has 0 aromatic heterocycles. The lowest BCUT2D eigenvalue weighted by Gasteiger charge is -2.14. The molecular formula is C21H17BrN3O4S-. The molecule has 1 saturated heterocycles. The van der Waals surface area contributed by atoms with Crippen molar-refractivity contribution >= 4 is 62.0 Å². The first-order valence-corrected chi connectivity index (χ1v) is 10.6. The lowest BCUT2D eigenvalue weighted by Crippen LogP contribution is -2.33. The fourth-order valence-corrected chi connectivity index (χ4v) is 4.15. The van der Waals surface area contributed by atoms with Gasteiger partial charge in [-0.2, -0.15) is 0 Å². The summed E-state index contributed by atoms with van der Waals surface area (Å²) in [7, 11) is 0. The normalized spacial score (nSPS) is 17.2. The summed E-state index contributed by atoms with van der Waals surface area (Å²) in [6.45, 7) is 3.92. The molecule has 1 aliphatic heterocycles. The molecule has 1 aliphatic rings. The number of carbonyl (C=O) groups excluding carboxylic acids is 3. The van der Waals surface area contributed by atoms with E-state index in [4.69, 9.17) is 0 Å². The van der Waals surface area contributed by atoms with Crippen LogP contribution in [0.2, 0.25) is 0 Å². The van der Waals surface area contributed by atoms with Crippen LogP contribution >= 0.6 is 27.7 Å². The molecule has 0 radical (unpaired) electrons. The van der Waals surface area contributed by atoms with Crippen LogP contribution in [0, 0.1) is 0 Å². The molecule has 1 atom stereocenters. The summed E-state index contributed by atoms with van der Waals surface area (Å²) in [4.78, 5) is 42.0. The average molecular weight is 487 g/mol. The van der Waals surface area contributed by atoms with Gasteiger partial charge in [0.15, 0.2) is 5.17 Å². The van der Waals surface area contributed by atoms with Crippen molar-refractivity contribution in [2.24, 2.45) is 4.99 Å². The number of nitrogens with one attached hydrogen (secondary N) is 1. The van der Waals surface area contributed by atoms with Crippen LogP contribution in [0.15, 0.2) is 70.7 Å². The average Bonchev–Trinajstić information content (AvgIpc) is 2.99. The molecule has 0 unspecified atom stereocenters. The predicted octanol–water partition coefficient (Wildman–Crippen LogP) is 2.96. The molecule has 1 fully saturated rings. The Morgan fingerprint density at radius 3 is 2.47 bits per heavy atom. The number of carbonyl (C=O) groups is 3. The summed E-state index contributed by atoms with van der Waals surface area (Å²) >= 11 is 4.53. The van der Waals surface area contributed by atoms with Crippen LogP contribution in [0.5, 0.6) is 0 Å². The quantitative estimate of drug-likeness (QED) is 0.606. The molecule has 2 aromatic rings. The summed E-state index contributed by atoms with van der Waals surface area (Å²) in [5.41, 5.74) is 1.17. The van der Waals surface area contributed by atoms with Crippen molar-refractivity contribution in [3.63, 3.8) is 0 Å². The molecule has 3 rings (SSSR count). The van der Waals surface area contributed by atoms with Gasteiger partial charge in [-0.1, -0.05) is 45.9 Å². The number of halogens is 1. The number of carboxylic acids is 1. The van der Waals surface area contributed by atoms with Crippen molar-refractivity contribution in [2.75, 3.05) is 11.9 Å². The van der Waals surface area contributed by atoms with Crippen LogP contribution < -0.4 is 10.4 Å². The number of aromatic carboxylic acids is 1. The molecule has 154 valence electrons. The third-order valence-corrected chi connectivity index (χ3v) is 5.86. The number of hydrogen-bond acceptors (Lipinski definition) is 6. The Balaban J connectivity index is 1.73. The molecule has 0 saturated carbocycles. The molecule has 1 heterocycles. The highest BCUT2D eigenvalue weighted by atomic mass is 79.9. The molecule has 0 spiro atoms. The van der Waals surface area contributed by atoms with E-state index in [0.717, 1.165) is 4.47 Å². The zero-order valence-electron chi connectivity index (χ0n) is 15.7. The number of benzene rings is 2. The van der Waals surface area contributed by atoms with Crippen molar-refractivity contribution in [1.29, 1.82) is 0 Å². The fraction of sp³-hybridized carbons (Fsp3) is 0.143. The van der Waals surface area contributed by atoms with E-state index >= 15 is 0 Å². The molecule has 7 nitrogen and oxygen atoms in total. The number of rotatable bonds is 7. The highest BCUT2D eigenvalue weighted by Crippen LogP contribution is 2.32. The highest BCUT2D eigenvalue weighted by Gasteiger charge is 2.38. The lowest BCUT2D eigenvalue weighted by molar-refractivity contribution is -0.255. The largest absolute Gasteiger partial charge is 0.545 e. The van der Waals surface area contributed by atoms with E-state index in [1.54, 1.807) is 18.2 Å². The van der Waals surface area contributed by atoms with Crippen LogP contribution in [-0.2, 0) is 9.59 Å². The number of anilines is 1. The number of nitrogens with zero attached hydrogens (tertiary/aromatic N) is 2. The predicted molar refractivity (Wildman–Crippen MR) is 119 cm³/mol. The van der Waals surface area contributed by atoms with Gasteiger partial charge in [-0.15, -0.1) is 6.58 Å². The van der Waals surface area contributed by atoms with E-state index in [2.05, 4.69) is 32.8 Å². The van der Waals surface area contributed by atoms with Gasteiger partial charge in [0.2, 0.25) is 11.8 Å². The molecule has 1 N–H and O–H groups in total. The zero-order chi connectivity index (χ0) is 21.7. The molecular weight excluding hydrogens is 470 g/mol. The van der Waals surface area contributed by atoms with E-state index in [1.807, 2.05) is 12.1 Å². The summed E-state index contributed by atoms with van der Waals surface area (Å²) in [6.07, 6.45) is 1.58. The molecule has 9 heteroatoms. The number of aliphatic imine (C=N–C) groups is 1. The number of hydrogen-bond donors (Lipinski definition) is 1. The fourth-order valence-electron chi connectivity index (χ4n) is 2.72. The second-order valence-electron chi connectivity index (χ2n) is 6.33. The Morgan fingerprint density at radius 1 is 1.20 bits per heavy atom. The Bertz CT molecular complexity index is 1010. The van der Waals surface area contributed by atoms with Crippen LogP contribution in [-0.4, -0.2) is 39.6 Å². The first-order chi connectivity index (χ1) is 14.4. The third-order valence-electron chi connectivity index (χ3n) is 4.16. The van der Waals surface area contributed by atoms with E-state index in [9.17, 15) is 19.5 Å². The Kier molecular flexibility index (Phi) is 7.07. The maximum atomic E-state index is 12.8. The number of carboxylic acid groups (broad SMARTS) is 1. The van der Waals surface area contributed by atoms with Crippen LogP contribution in [0.25, 0.3) is 0 Å².